The van der Waals surface area contributed by atoms with Gasteiger partial charge >= 0.3 is 0 Å². The normalized spacial score (nSPS) is 15.4. The average Bonchev–Trinajstić information content (AvgIpc) is 2.18. The van der Waals surface area contributed by atoms with Crippen LogP contribution in [-0.4, -0.2) is 18.0 Å². The summed E-state index contributed by atoms with van der Waals surface area (Å²) in [5.41, 5.74) is 2.89. The van der Waals surface area contributed by atoms with Gasteiger partial charge in [0.05, 0.1) is 0 Å². The van der Waals surface area contributed by atoms with Crippen LogP contribution in [0, 0.1) is 5.92 Å². The van der Waals surface area contributed by atoms with Crippen LogP contribution in [0.15, 0.2) is 29.3 Å². The van der Waals surface area contributed by atoms with Gasteiger partial charge in [-0.1, -0.05) is 38.1 Å². The van der Waals surface area contributed by atoms with Gasteiger partial charge in [-0.15, -0.1) is 0 Å². The van der Waals surface area contributed by atoms with Crippen molar-refractivity contribution in [1.82, 2.24) is 0 Å². The van der Waals surface area contributed by atoms with E-state index >= 15 is 0 Å². The largest absolute Gasteiger partial charge is 0.292 e. The Morgan fingerprint density at radius 3 is 2.50 bits per heavy atom. The number of carbonyl (C=O) groups is 1. The summed E-state index contributed by atoms with van der Waals surface area (Å²) in [6, 6.07) is 7.72. The monoisotopic (exact) mass is 187 g/mol. The Balaban J connectivity index is 2.57. The Bertz CT molecular complexity index is 405. The number of hydrogen-bond acceptors (Lipinski definition) is 2. The first-order valence-electron chi connectivity index (χ1n) is 4.87. The molecule has 0 aliphatic carbocycles. The molecule has 0 bridgehead atoms. The number of ketones is 1. The second-order valence-corrected chi connectivity index (χ2v) is 3.82. The molecule has 0 saturated carbocycles. The molecule has 0 unspecified atom stereocenters. The lowest BCUT2D eigenvalue weighted by Crippen LogP contribution is -2.22. The van der Waals surface area contributed by atoms with Gasteiger partial charge in [0, 0.05) is 16.8 Å². The van der Waals surface area contributed by atoms with E-state index in [1.54, 1.807) is 0 Å². The molecular weight excluding hydrogens is 174 g/mol. The van der Waals surface area contributed by atoms with Crippen molar-refractivity contribution in [3.8, 4) is 0 Å². The van der Waals surface area contributed by atoms with E-state index in [0.29, 0.717) is 12.5 Å². The van der Waals surface area contributed by atoms with E-state index in [0.717, 1.165) is 16.8 Å². The summed E-state index contributed by atoms with van der Waals surface area (Å²) in [5, 5.41) is 0. The zero-order valence-corrected chi connectivity index (χ0v) is 8.45. The van der Waals surface area contributed by atoms with Crippen LogP contribution in [0.4, 0.5) is 0 Å². The first-order chi connectivity index (χ1) is 6.70. The molecule has 72 valence electrons. The predicted octanol–water partition coefficient (Wildman–Crippen LogP) is 2.33. The van der Waals surface area contributed by atoms with E-state index in [9.17, 15) is 4.79 Å². The minimum atomic E-state index is 0.130. The van der Waals surface area contributed by atoms with Crippen LogP contribution >= 0.6 is 0 Å². The van der Waals surface area contributed by atoms with Gasteiger partial charge < -0.3 is 0 Å². The molecule has 0 N–H and O–H groups in total. The second kappa shape index (κ2) is 3.37. The Hall–Kier alpha value is -1.44. The van der Waals surface area contributed by atoms with Gasteiger partial charge in [-0.3, -0.25) is 9.79 Å². The summed E-state index contributed by atoms with van der Waals surface area (Å²) >= 11 is 0. The molecule has 1 heterocycles. The highest BCUT2D eigenvalue weighted by Gasteiger charge is 2.21. The molecule has 0 radical (unpaired) electrons. The quantitative estimate of drug-likeness (QED) is 0.663. The van der Waals surface area contributed by atoms with Crippen molar-refractivity contribution >= 4 is 11.5 Å². The van der Waals surface area contributed by atoms with Crippen LogP contribution in [0.3, 0.4) is 0 Å². The van der Waals surface area contributed by atoms with Gasteiger partial charge in [-0.05, 0) is 5.92 Å². The van der Waals surface area contributed by atoms with Crippen LogP contribution in [0.1, 0.15) is 29.8 Å². The summed E-state index contributed by atoms with van der Waals surface area (Å²) in [6.07, 6.45) is 0. The Labute approximate surface area is 83.7 Å². The molecule has 0 aromatic heterocycles. The van der Waals surface area contributed by atoms with Crippen molar-refractivity contribution in [1.29, 1.82) is 0 Å². The number of benzene rings is 1. The minimum Gasteiger partial charge on any atom is -0.292 e. The van der Waals surface area contributed by atoms with E-state index < -0.39 is 0 Å². The number of fused-ring (bicyclic) bond motifs is 1. The topological polar surface area (TPSA) is 29.4 Å². The Morgan fingerprint density at radius 1 is 1.21 bits per heavy atom. The van der Waals surface area contributed by atoms with Gasteiger partial charge in [-0.25, -0.2) is 0 Å². The molecule has 0 saturated heterocycles. The van der Waals surface area contributed by atoms with Crippen molar-refractivity contribution in [2.24, 2.45) is 10.9 Å². The fourth-order valence-corrected chi connectivity index (χ4v) is 1.77. The molecule has 1 aliphatic heterocycles. The number of rotatable bonds is 1. The van der Waals surface area contributed by atoms with Crippen LogP contribution in [0.2, 0.25) is 0 Å². The minimum absolute atomic E-state index is 0.130. The SMILES string of the molecule is CC(C)C1=NCC(=O)c2ccccc21. The van der Waals surface area contributed by atoms with Crippen molar-refractivity contribution in [3.63, 3.8) is 0 Å². The molecule has 0 fully saturated rings. The van der Waals surface area contributed by atoms with E-state index in [4.69, 9.17) is 0 Å². The molecule has 2 heteroatoms. The smallest absolute Gasteiger partial charge is 0.184 e. The first-order valence-corrected chi connectivity index (χ1v) is 4.87. The van der Waals surface area contributed by atoms with Crippen LogP contribution in [0.25, 0.3) is 0 Å². The molecule has 1 aromatic rings. The van der Waals surface area contributed by atoms with E-state index in [1.807, 2.05) is 24.3 Å². The summed E-state index contributed by atoms with van der Waals surface area (Å²) < 4.78 is 0. The summed E-state index contributed by atoms with van der Waals surface area (Å²) in [6.45, 7) is 4.52. The molecule has 1 aliphatic rings. The molecule has 14 heavy (non-hydrogen) atoms. The van der Waals surface area contributed by atoms with E-state index in [-0.39, 0.29) is 5.78 Å². The summed E-state index contributed by atoms with van der Waals surface area (Å²) in [7, 11) is 0. The maximum atomic E-state index is 11.5. The molecule has 2 rings (SSSR count). The van der Waals surface area contributed by atoms with Crippen LogP contribution in [0.5, 0.6) is 0 Å². The maximum absolute atomic E-state index is 11.5. The molecular formula is C12H13NO. The zero-order chi connectivity index (χ0) is 10.1. The third kappa shape index (κ3) is 1.37. The second-order valence-electron chi connectivity index (χ2n) is 3.82. The van der Waals surface area contributed by atoms with Crippen molar-refractivity contribution in [2.75, 3.05) is 6.54 Å². The highest BCUT2D eigenvalue weighted by molar-refractivity contribution is 6.15. The number of nitrogens with zero attached hydrogens (tertiary/aromatic N) is 1. The number of hydrogen-bond donors (Lipinski definition) is 0. The lowest BCUT2D eigenvalue weighted by molar-refractivity contribution is 0.1000. The van der Waals surface area contributed by atoms with E-state index in [1.165, 1.54) is 0 Å². The molecule has 0 spiro atoms. The standard InChI is InChI=1S/C12H13NO/c1-8(2)12-10-6-4-3-5-9(10)11(14)7-13-12/h3-6,8H,7H2,1-2H3. The van der Waals surface area contributed by atoms with Crippen molar-refractivity contribution < 1.29 is 4.79 Å². The van der Waals surface area contributed by atoms with Crippen LogP contribution in [-0.2, 0) is 0 Å². The molecule has 0 atom stereocenters. The van der Waals surface area contributed by atoms with Gasteiger partial charge in [0.1, 0.15) is 6.54 Å². The summed E-state index contributed by atoms with van der Waals surface area (Å²) in [5.74, 6) is 0.509. The predicted molar refractivity (Wildman–Crippen MR) is 57.0 cm³/mol. The maximum Gasteiger partial charge on any atom is 0.184 e. The Kier molecular flexibility index (Phi) is 2.20. The van der Waals surface area contributed by atoms with Crippen LogP contribution < -0.4 is 0 Å². The lowest BCUT2D eigenvalue weighted by Gasteiger charge is -2.18. The molecule has 2 nitrogen and oxygen atoms in total. The fraction of sp³-hybridized carbons (Fsp3) is 0.333. The highest BCUT2D eigenvalue weighted by Crippen LogP contribution is 2.19. The number of Topliss-reactive ketones (excluding diaryl/α,β-unsaturated/α-hetero) is 1. The Morgan fingerprint density at radius 2 is 1.86 bits per heavy atom. The van der Waals surface area contributed by atoms with Gasteiger partial charge in [0.15, 0.2) is 5.78 Å². The average molecular weight is 187 g/mol. The van der Waals surface area contributed by atoms with Crippen molar-refractivity contribution in [2.45, 2.75) is 13.8 Å². The number of carbonyl (C=O) groups excluding carboxylic acids is 1. The highest BCUT2D eigenvalue weighted by atomic mass is 16.1. The fourth-order valence-electron chi connectivity index (χ4n) is 1.77. The molecule has 0 amide bonds. The molecule has 1 aromatic carbocycles. The van der Waals surface area contributed by atoms with Gasteiger partial charge in [0.25, 0.3) is 0 Å². The van der Waals surface area contributed by atoms with Gasteiger partial charge in [-0.2, -0.15) is 0 Å². The summed E-state index contributed by atoms with van der Waals surface area (Å²) in [4.78, 5) is 15.9. The zero-order valence-electron chi connectivity index (χ0n) is 8.45. The first kappa shape index (κ1) is 9.13. The van der Waals surface area contributed by atoms with E-state index in [2.05, 4.69) is 18.8 Å². The number of aliphatic imine (C=N–C) groups is 1. The van der Waals surface area contributed by atoms with Crippen molar-refractivity contribution in [3.05, 3.63) is 35.4 Å². The third-order valence-electron chi connectivity index (χ3n) is 2.44. The lowest BCUT2D eigenvalue weighted by atomic mass is 9.91. The third-order valence-corrected chi connectivity index (χ3v) is 2.44. The van der Waals surface area contributed by atoms with Gasteiger partial charge in [0.2, 0.25) is 0 Å².